The van der Waals surface area contributed by atoms with Crippen LogP contribution in [0.15, 0.2) is 36.4 Å². The second-order valence-corrected chi connectivity index (χ2v) is 5.57. The van der Waals surface area contributed by atoms with Gasteiger partial charge in [0.1, 0.15) is 17.1 Å². The third-order valence-electron chi connectivity index (χ3n) is 3.60. The summed E-state index contributed by atoms with van der Waals surface area (Å²) in [5, 5.41) is 12.4. The Morgan fingerprint density at radius 3 is 2.36 bits per heavy atom. The van der Waals surface area contributed by atoms with Crippen LogP contribution in [-0.2, 0) is 0 Å². The number of carbonyl (C=O) groups excluding carboxylic acids is 1. The Morgan fingerprint density at radius 1 is 1.12 bits per heavy atom. The molecule has 132 valence electrons. The Kier molecular flexibility index (Phi) is 6.25. The van der Waals surface area contributed by atoms with E-state index in [0.717, 1.165) is 0 Å². The molecule has 0 spiro atoms. The molecule has 0 aromatic heterocycles. The highest BCUT2D eigenvalue weighted by molar-refractivity contribution is 6.33. The summed E-state index contributed by atoms with van der Waals surface area (Å²) in [5.41, 5.74) is 1.07. The molecule has 0 bridgehead atoms. The van der Waals surface area contributed by atoms with Gasteiger partial charge in [-0.1, -0.05) is 11.6 Å². The molecule has 0 aliphatic carbocycles. The van der Waals surface area contributed by atoms with Crippen LogP contribution in [0.25, 0.3) is 0 Å². The summed E-state index contributed by atoms with van der Waals surface area (Å²) >= 11 is 6.09. The molecule has 0 atom stereocenters. The minimum absolute atomic E-state index is 0.0210. The van der Waals surface area contributed by atoms with Crippen molar-refractivity contribution >= 4 is 29.0 Å². The van der Waals surface area contributed by atoms with Crippen molar-refractivity contribution in [3.63, 3.8) is 0 Å². The second-order valence-electron chi connectivity index (χ2n) is 5.17. The molecule has 0 saturated carbocycles. The van der Waals surface area contributed by atoms with Crippen molar-refractivity contribution in [2.75, 3.05) is 26.1 Å². The number of ketones is 1. The SMILES string of the molecule is COc1ccc(C(=O)CCNc2cc(OC)c(C(=O)O)cc2Cl)cc1. The molecular weight excluding hydrogens is 346 g/mol. The van der Waals surface area contributed by atoms with Crippen molar-refractivity contribution in [3.8, 4) is 11.5 Å². The van der Waals surface area contributed by atoms with E-state index in [9.17, 15) is 9.59 Å². The molecule has 2 N–H and O–H groups in total. The van der Waals surface area contributed by atoms with Crippen LogP contribution in [-0.4, -0.2) is 37.6 Å². The number of carbonyl (C=O) groups is 2. The predicted molar refractivity (Wildman–Crippen MR) is 95.4 cm³/mol. The van der Waals surface area contributed by atoms with Gasteiger partial charge < -0.3 is 19.9 Å². The van der Waals surface area contributed by atoms with Crippen molar-refractivity contribution in [2.45, 2.75) is 6.42 Å². The summed E-state index contributed by atoms with van der Waals surface area (Å²) < 4.78 is 10.1. The number of rotatable bonds is 8. The summed E-state index contributed by atoms with van der Waals surface area (Å²) in [7, 11) is 2.95. The van der Waals surface area contributed by atoms with E-state index in [4.69, 9.17) is 26.2 Å². The van der Waals surface area contributed by atoms with E-state index >= 15 is 0 Å². The zero-order valence-electron chi connectivity index (χ0n) is 13.8. The van der Waals surface area contributed by atoms with Crippen LogP contribution >= 0.6 is 11.6 Å². The fourth-order valence-corrected chi connectivity index (χ4v) is 2.49. The van der Waals surface area contributed by atoms with E-state index in [-0.39, 0.29) is 28.5 Å². The lowest BCUT2D eigenvalue weighted by Crippen LogP contribution is -2.10. The number of halogens is 1. The van der Waals surface area contributed by atoms with Crippen LogP contribution in [0.5, 0.6) is 11.5 Å². The predicted octanol–water partition coefficient (Wildman–Crippen LogP) is 3.74. The third-order valence-corrected chi connectivity index (χ3v) is 3.91. The van der Waals surface area contributed by atoms with E-state index in [0.29, 0.717) is 23.5 Å². The maximum atomic E-state index is 12.2. The zero-order valence-corrected chi connectivity index (χ0v) is 14.6. The fourth-order valence-electron chi connectivity index (χ4n) is 2.26. The molecule has 0 heterocycles. The Morgan fingerprint density at radius 2 is 1.80 bits per heavy atom. The van der Waals surface area contributed by atoms with Crippen molar-refractivity contribution in [1.82, 2.24) is 0 Å². The summed E-state index contributed by atoms with van der Waals surface area (Å²) in [6.07, 6.45) is 0.256. The minimum Gasteiger partial charge on any atom is -0.497 e. The highest BCUT2D eigenvalue weighted by Crippen LogP contribution is 2.31. The first-order valence-electron chi connectivity index (χ1n) is 7.48. The maximum absolute atomic E-state index is 12.2. The molecule has 0 saturated heterocycles. The van der Waals surface area contributed by atoms with Crippen molar-refractivity contribution in [3.05, 3.63) is 52.5 Å². The van der Waals surface area contributed by atoms with Gasteiger partial charge >= 0.3 is 5.97 Å². The van der Waals surface area contributed by atoms with Crippen LogP contribution in [0.3, 0.4) is 0 Å². The number of hydrogen-bond donors (Lipinski definition) is 2. The summed E-state index contributed by atoms with van der Waals surface area (Å²) in [6, 6.07) is 9.69. The van der Waals surface area contributed by atoms with Crippen molar-refractivity contribution < 1.29 is 24.2 Å². The highest BCUT2D eigenvalue weighted by Gasteiger charge is 2.15. The number of carboxylic acid groups (broad SMARTS) is 1. The van der Waals surface area contributed by atoms with Gasteiger partial charge in [-0.15, -0.1) is 0 Å². The quantitative estimate of drug-likeness (QED) is 0.695. The Hall–Kier alpha value is -2.73. The molecule has 0 unspecified atom stereocenters. The number of anilines is 1. The number of ether oxygens (including phenoxy) is 2. The Labute approximate surface area is 150 Å². The number of Topliss-reactive ketones (excluding diaryl/α,β-unsaturated/α-hetero) is 1. The number of methoxy groups -OCH3 is 2. The van der Waals surface area contributed by atoms with Gasteiger partial charge in [-0.05, 0) is 30.3 Å². The average Bonchev–Trinajstić information content (AvgIpc) is 2.62. The summed E-state index contributed by atoms with van der Waals surface area (Å²) in [4.78, 5) is 23.3. The van der Waals surface area contributed by atoms with Gasteiger partial charge in [-0.25, -0.2) is 4.79 Å². The smallest absolute Gasteiger partial charge is 0.339 e. The molecule has 7 heteroatoms. The van der Waals surface area contributed by atoms with Crippen LogP contribution < -0.4 is 14.8 Å². The van der Waals surface area contributed by atoms with E-state index in [1.807, 2.05) is 0 Å². The molecule has 6 nitrogen and oxygen atoms in total. The largest absolute Gasteiger partial charge is 0.497 e. The Bertz CT molecular complexity index is 774. The van der Waals surface area contributed by atoms with Crippen LogP contribution in [0.4, 0.5) is 5.69 Å². The van der Waals surface area contributed by atoms with Gasteiger partial charge in [-0.2, -0.15) is 0 Å². The van der Waals surface area contributed by atoms with Gasteiger partial charge in [0.15, 0.2) is 5.78 Å². The third kappa shape index (κ3) is 4.64. The van der Waals surface area contributed by atoms with Gasteiger partial charge in [-0.3, -0.25) is 4.79 Å². The highest BCUT2D eigenvalue weighted by atomic mass is 35.5. The fraction of sp³-hybridized carbons (Fsp3) is 0.222. The van der Waals surface area contributed by atoms with Crippen molar-refractivity contribution in [1.29, 1.82) is 0 Å². The molecule has 0 aliphatic rings. The molecule has 0 amide bonds. The average molecular weight is 364 g/mol. The first kappa shape index (κ1) is 18.6. The second kappa shape index (κ2) is 8.39. The standard InChI is InChI=1S/C18H18ClNO5/c1-24-12-5-3-11(4-6-12)16(21)7-8-20-15-10-17(25-2)13(18(22)23)9-14(15)19/h3-6,9-10,20H,7-8H2,1-2H3,(H,22,23). The maximum Gasteiger partial charge on any atom is 0.339 e. The lowest BCUT2D eigenvalue weighted by atomic mass is 10.1. The van der Waals surface area contributed by atoms with Crippen molar-refractivity contribution in [2.24, 2.45) is 0 Å². The lowest BCUT2D eigenvalue weighted by Gasteiger charge is -2.12. The van der Waals surface area contributed by atoms with E-state index in [2.05, 4.69) is 5.32 Å². The molecule has 0 fully saturated rings. The van der Waals surface area contributed by atoms with Gasteiger partial charge in [0, 0.05) is 24.6 Å². The summed E-state index contributed by atoms with van der Waals surface area (Å²) in [5.74, 6) is -0.270. The van der Waals surface area contributed by atoms with Gasteiger partial charge in [0.05, 0.1) is 24.9 Å². The molecule has 0 aliphatic heterocycles. The first-order chi connectivity index (χ1) is 12.0. The number of nitrogens with one attached hydrogen (secondary N) is 1. The van der Waals surface area contributed by atoms with Gasteiger partial charge in [0.25, 0.3) is 0 Å². The van der Waals surface area contributed by atoms with Crippen LogP contribution in [0.2, 0.25) is 5.02 Å². The van der Waals surface area contributed by atoms with Crippen LogP contribution in [0, 0.1) is 0 Å². The molecule has 0 radical (unpaired) electrons. The number of aromatic carboxylic acids is 1. The topological polar surface area (TPSA) is 84.9 Å². The monoisotopic (exact) mass is 363 g/mol. The first-order valence-corrected chi connectivity index (χ1v) is 7.86. The van der Waals surface area contributed by atoms with E-state index in [1.54, 1.807) is 31.4 Å². The van der Waals surface area contributed by atoms with E-state index in [1.165, 1.54) is 19.2 Å². The van der Waals surface area contributed by atoms with E-state index < -0.39 is 5.97 Å². The molecule has 2 aromatic carbocycles. The molecular formula is C18H18ClNO5. The summed E-state index contributed by atoms with van der Waals surface area (Å²) in [6.45, 7) is 0.347. The number of hydrogen-bond acceptors (Lipinski definition) is 5. The Balaban J connectivity index is 2.01. The minimum atomic E-state index is -1.13. The van der Waals surface area contributed by atoms with Crippen LogP contribution in [0.1, 0.15) is 27.1 Å². The molecule has 2 aromatic rings. The molecule has 2 rings (SSSR count). The zero-order chi connectivity index (χ0) is 18.4. The number of benzene rings is 2. The number of carboxylic acids is 1. The molecule has 25 heavy (non-hydrogen) atoms. The van der Waals surface area contributed by atoms with Gasteiger partial charge in [0.2, 0.25) is 0 Å². The lowest BCUT2D eigenvalue weighted by molar-refractivity contribution is 0.0693. The normalized spacial score (nSPS) is 10.2.